The van der Waals surface area contributed by atoms with Crippen LogP contribution in [0, 0.1) is 11.6 Å². The van der Waals surface area contributed by atoms with Crippen molar-refractivity contribution in [2.45, 2.75) is 44.1 Å². The summed E-state index contributed by atoms with van der Waals surface area (Å²) in [5.41, 5.74) is -0.418. The van der Waals surface area contributed by atoms with E-state index in [1.807, 2.05) is 0 Å². The molecule has 0 heterocycles. The van der Waals surface area contributed by atoms with E-state index in [9.17, 15) is 18.7 Å². The largest absolute Gasteiger partial charge is 0.394 e. The first-order valence-electron chi connectivity index (χ1n) is 6.90. The van der Waals surface area contributed by atoms with Crippen molar-refractivity contribution in [1.82, 2.24) is 5.32 Å². The number of carbonyl (C=O) groups excluding carboxylic acids is 1. The van der Waals surface area contributed by atoms with Gasteiger partial charge in [0, 0.05) is 6.07 Å². The molecule has 0 unspecified atom stereocenters. The molecular formula is C15H19F2NO2. The maximum atomic E-state index is 13.5. The molecular weight excluding hydrogens is 264 g/mol. The first-order chi connectivity index (χ1) is 9.54. The number of nitrogens with one attached hydrogen (secondary N) is 1. The van der Waals surface area contributed by atoms with Crippen LogP contribution in [0.1, 0.15) is 37.7 Å². The molecule has 0 spiro atoms. The van der Waals surface area contributed by atoms with Gasteiger partial charge in [0.15, 0.2) is 0 Å². The Kier molecular flexibility index (Phi) is 4.70. The fourth-order valence-corrected chi connectivity index (χ4v) is 2.73. The quantitative estimate of drug-likeness (QED) is 0.891. The van der Waals surface area contributed by atoms with Crippen LogP contribution in [0.15, 0.2) is 18.2 Å². The Bertz CT molecular complexity index is 485. The zero-order chi connectivity index (χ0) is 14.6. The third kappa shape index (κ3) is 3.54. The van der Waals surface area contributed by atoms with Gasteiger partial charge in [-0.1, -0.05) is 25.3 Å². The van der Waals surface area contributed by atoms with Crippen LogP contribution in [-0.4, -0.2) is 23.2 Å². The summed E-state index contributed by atoms with van der Waals surface area (Å²) in [6.07, 6.45) is 4.36. The van der Waals surface area contributed by atoms with Crippen molar-refractivity contribution in [2.75, 3.05) is 6.61 Å². The van der Waals surface area contributed by atoms with Gasteiger partial charge >= 0.3 is 0 Å². The Morgan fingerprint density at radius 2 is 1.95 bits per heavy atom. The van der Waals surface area contributed by atoms with Crippen molar-refractivity contribution in [3.8, 4) is 0 Å². The topological polar surface area (TPSA) is 49.3 Å². The summed E-state index contributed by atoms with van der Waals surface area (Å²) < 4.78 is 26.3. The molecule has 1 aromatic carbocycles. The number of carbonyl (C=O) groups is 1. The molecule has 0 radical (unpaired) electrons. The molecule has 1 fully saturated rings. The highest BCUT2D eigenvalue weighted by molar-refractivity contribution is 5.79. The minimum atomic E-state index is -0.721. The fraction of sp³-hybridized carbons (Fsp3) is 0.533. The summed E-state index contributed by atoms with van der Waals surface area (Å²) in [6.45, 7) is -0.107. The Balaban J connectivity index is 2.00. The SMILES string of the molecule is O=C(Cc1ccc(F)cc1F)NC1(CO)CCCCC1. The number of rotatable bonds is 4. The van der Waals surface area contributed by atoms with Crippen molar-refractivity contribution < 1.29 is 18.7 Å². The normalized spacial score (nSPS) is 17.8. The zero-order valence-electron chi connectivity index (χ0n) is 11.3. The van der Waals surface area contributed by atoms with Crippen molar-refractivity contribution in [3.63, 3.8) is 0 Å². The van der Waals surface area contributed by atoms with Crippen LogP contribution < -0.4 is 5.32 Å². The summed E-state index contributed by atoms with van der Waals surface area (Å²) >= 11 is 0. The third-order valence-electron chi connectivity index (χ3n) is 3.88. The molecule has 0 aliphatic heterocycles. The minimum absolute atomic E-state index is 0.107. The molecule has 2 N–H and O–H groups in total. The highest BCUT2D eigenvalue weighted by Gasteiger charge is 2.32. The van der Waals surface area contributed by atoms with Crippen molar-refractivity contribution >= 4 is 5.91 Å². The molecule has 2 rings (SSSR count). The standard InChI is InChI=1S/C15H19F2NO2/c16-12-5-4-11(13(17)9-12)8-14(20)18-15(10-19)6-2-1-3-7-15/h4-5,9,19H,1-3,6-8,10H2,(H,18,20). The third-order valence-corrected chi connectivity index (χ3v) is 3.88. The summed E-state index contributed by atoms with van der Waals surface area (Å²) in [4.78, 5) is 12.0. The second kappa shape index (κ2) is 6.31. The lowest BCUT2D eigenvalue weighted by Gasteiger charge is -2.36. The molecule has 1 aromatic rings. The zero-order valence-corrected chi connectivity index (χ0v) is 11.3. The average molecular weight is 283 g/mol. The predicted octanol–water partition coefficient (Wildman–Crippen LogP) is 2.32. The van der Waals surface area contributed by atoms with Gasteiger partial charge < -0.3 is 10.4 Å². The molecule has 1 aliphatic carbocycles. The van der Waals surface area contributed by atoms with Gasteiger partial charge in [0.05, 0.1) is 18.6 Å². The summed E-state index contributed by atoms with van der Waals surface area (Å²) in [6, 6.07) is 3.18. The van der Waals surface area contributed by atoms with E-state index in [1.54, 1.807) is 0 Å². The Morgan fingerprint density at radius 3 is 2.55 bits per heavy atom. The molecule has 3 nitrogen and oxygen atoms in total. The van der Waals surface area contributed by atoms with Crippen molar-refractivity contribution in [1.29, 1.82) is 0 Å². The molecule has 20 heavy (non-hydrogen) atoms. The number of halogens is 2. The van der Waals surface area contributed by atoms with E-state index >= 15 is 0 Å². The molecule has 0 saturated heterocycles. The van der Waals surface area contributed by atoms with Gasteiger partial charge in [-0.05, 0) is 24.5 Å². The van der Waals surface area contributed by atoms with Gasteiger partial charge in [-0.3, -0.25) is 4.79 Å². The monoisotopic (exact) mass is 283 g/mol. The maximum Gasteiger partial charge on any atom is 0.225 e. The molecule has 1 saturated carbocycles. The first kappa shape index (κ1) is 14.9. The van der Waals surface area contributed by atoms with Crippen molar-refractivity contribution in [3.05, 3.63) is 35.4 Å². The summed E-state index contributed by atoms with van der Waals surface area (Å²) in [5, 5.41) is 12.3. The van der Waals surface area contributed by atoms with Gasteiger partial charge in [0.2, 0.25) is 5.91 Å². The summed E-state index contributed by atoms with van der Waals surface area (Å²) in [7, 11) is 0. The second-order valence-corrected chi connectivity index (χ2v) is 5.46. The van der Waals surface area contributed by atoms with E-state index in [0.717, 1.165) is 44.2 Å². The number of aliphatic hydroxyl groups excluding tert-OH is 1. The van der Waals surface area contributed by atoms with E-state index in [4.69, 9.17) is 0 Å². The molecule has 0 aromatic heterocycles. The van der Waals surface area contributed by atoms with Crippen LogP contribution in [0.4, 0.5) is 8.78 Å². The van der Waals surface area contributed by atoms with Crippen molar-refractivity contribution in [2.24, 2.45) is 0 Å². The van der Waals surface area contributed by atoms with E-state index in [0.29, 0.717) is 0 Å². The van der Waals surface area contributed by atoms with E-state index in [1.165, 1.54) is 6.07 Å². The molecule has 0 bridgehead atoms. The highest BCUT2D eigenvalue weighted by atomic mass is 19.1. The van der Waals surface area contributed by atoms with Crippen LogP contribution >= 0.6 is 0 Å². The lowest BCUT2D eigenvalue weighted by molar-refractivity contribution is -0.123. The fourth-order valence-electron chi connectivity index (χ4n) is 2.73. The Labute approximate surface area is 117 Å². The lowest BCUT2D eigenvalue weighted by atomic mass is 9.82. The molecule has 1 amide bonds. The number of hydrogen-bond donors (Lipinski definition) is 2. The smallest absolute Gasteiger partial charge is 0.225 e. The van der Waals surface area contributed by atoms with Crippen LogP contribution in [0.5, 0.6) is 0 Å². The second-order valence-electron chi connectivity index (χ2n) is 5.46. The molecule has 110 valence electrons. The van der Waals surface area contributed by atoms with Crippen LogP contribution in [0.2, 0.25) is 0 Å². The van der Waals surface area contributed by atoms with Gasteiger partial charge in [-0.2, -0.15) is 0 Å². The van der Waals surface area contributed by atoms with Gasteiger partial charge in [0.25, 0.3) is 0 Å². The number of benzene rings is 1. The van der Waals surface area contributed by atoms with Crippen LogP contribution in [-0.2, 0) is 11.2 Å². The van der Waals surface area contributed by atoms with Gasteiger partial charge in [0.1, 0.15) is 11.6 Å². The van der Waals surface area contributed by atoms with Gasteiger partial charge in [-0.15, -0.1) is 0 Å². The van der Waals surface area contributed by atoms with E-state index < -0.39 is 17.2 Å². The minimum Gasteiger partial charge on any atom is -0.394 e. The van der Waals surface area contributed by atoms with Crippen LogP contribution in [0.3, 0.4) is 0 Å². The summed E-state index contributed by atoms with van der Waals surface area (Å²) in [5.74, 6) is -1.72. The first-order valence-corrected chi connectivity index (χ1v) is 6.90. The van der Waals surface area contributed by atoms with Crippen LogP contribution in [0.25, 0.3) is 0 Å². The lowest BCUT2D eigenvalue weighted by Crippen LogP contribution is -2.53. The predicted molar refractivity (Wildman–Crippen MR) is 71.1 cm³/mol. The Morgan fingerprint density at radius 1 is 1.25 bits per heavy atom. The van der Waals surface area contributed by atoms with E-state index in [2.05, 4.69) is 5.32 Å². The average Bonchev–Trinajstić information content (AvgIpc) is 2.43. The number of hydrogen-bond acceptors (Lipinski definition) is 2. The number of amides is 1. The maximum absolute atomic E-state index is 13.5. The number of aliphatic hydroxyl groups is 1. The van der Waals surface area contributed by atoms with E-state index in [-0.39, 0.29) is 24.5 Å². The Hall–Kier alpha value is -1.49. The molecule has 0 atom stereocenters. The molecule has 1 aliphatic rings. The highest BCUT2D eigenvalue weighted by Crippen LogP contribution is 2.27. The van der Waals surface area contributed by atoms with Gasteiger partial charge in [-0.25, -0.2) is 8.78 Å². The molecule has 5 heteroatoms.